The van der Waals surface area contributed by atoms with E-state index in [0.29, 0.717) is 6.42 Å². The van der Waals surface area contributed by atoms with Crippen molar-refractivity contribution in [1.82, 2.24) is 0 Å². The Hall–Kier alpha value is -1.72. The molecule has 1 aliphatic heterocycles. The molecule has 0 aromatic heterocycles. The van der Waals surface area contributed by atoms with Crippen molar-refractivity contribution < 1.29 is 17.9 Å². The lowest BCUT2D eigenvalue weighted by molar-refractivity contribution is 0.164. The monoisotopic (exact) mass is 256 g/mol. The van der Waals surface area contributed by atoms with Crippen LogP contribution >= 0.6 is 0 Å². The molecule has 0 spiro atoms. The normalized spacial score (nSPS) is 33.4. The fourth-order valence-electron chi connectivity index (χ4n) is 2.61. The second-order valence-corrected chi connectivity index (χ2v) is 4.60. The van der Waals surface area contributed by atoms with E-state index in [4.69, 9.17) is 10.5 Å². The first kappa shape index (κ1) is 11.4. The van der Waals surface area contributed by atoms with Gasteiger partial charge in [0.15, 0.2) is 0 Å². The molecule has 2 N–H and O–H groups in total. The molecule has 0 amide bonds. The first-order valence-electron chi connectivity index (χ1n) is 5.61. The largest absolute Gasteiger partial charge is 0.462 e. The molecular weight excluding hydrogens is 245 g/mol. The van der Waals surface area contributed by atoms with Gasteiger partial charge in [0, 0.05) is 5.92 Å². The van der Waals surface area contributed by atoms with E-state index in [1.165, 1.54) is 6.07 Å². The van der Waals surface area contributed by atoms with E-state index < -0.39 is 23.8 Å². The summed E-state index contributed by atoms with van der Waals surface area (Å²) >= 11 is 0. The Bertz CT molecular complexity index is 514. The highest BCUT2D eigenvalue weighted by atomic mass is 19.1. The predicted molar refractivity (Wildman–Crippen MR) is 58.6 cm³/mol. The molecule has 1 aromatic rings. The first-order valence-corrected chi connectivity index (χ1v) is 5.61. The third-order valence-corrected chi connectivity index (χ3v) is 3.53. The van der Waals surface area contributed by atoms with Crippen molar-refractivity contribution >= 4 is 6.02 Å². The van der Waals surface area contributed by atoms with E-state index in [-0.39, 0.29) is 23.6 Å². The molecule has 1 aromatic carbocycles. The van der Waals surface area contributed by atoms with Crippen molar-refractivity contribution in [3.05, 3.63) is 35.4 Å². The molecule has 1 heterocycles. The van der Waals surface area contributed by atoms with Crippen molar-refractivity contribution in [1.29, 1.82) is 0 Å². The molecule has 1 aliphatic carbocycles. The summed E-state index contributed by atoms with van der Waals surface area (Å²) in [5, 5.41) is 0. The Morgan fingerprint density at radius 1 is 1.39 bits per heavy atom. The van der Waals surface area contributed by atoms with E-state index in [1.54, 1.807) is 0 Å². The van der Waals surface area contributed by atoms with Gasteiger partial charge in [-0.25, -0.2) is 18.2 Å². The smallest absolute Gasteiger partial charge is 0.283 e. The molecule has 1 saturated carbocycles. The highest BCUT2D eigenvalue weighted by Gasteiger charge is 2.60. The molecule has 18 heavy (non-hydrogen) atoms. The van der Waals surface area contributed by atoms with Crippen LogP contribution in [0, 0.1) is 17.6 Å². The molecule has 1 unspecified atom stereocenters. The van der Waals surface area contributed by atoms with Gasteiger partial charge in [0.25, 0.3) is 6.02 Å². The maximum Gasteiger partial charge on any atom is 0.283 e. The van der Waals surface area contributed by atoms with E-state index >= 15 is 0 Å². The standard InChI is InChI=1S/C12H11F3N2O/c13-5-12(6-4-9(6)18-11(16)17-12)10-7(14)2-1-3-8(10)15/h1-3,6,9H,4-5H2,(H2,16,17)/t6-,9?,12-/m1/s1. The number of fused-ring (bicyclic) bond motifs is 1. The van der Waals surface area contributed by atoms with Crippen molar-refractivity contribution in [2.75, 3.05) is 6.67 Å². The fourth-order valence-corrected chi connectivity index (χ4v) is 2.61. The van der Waals surface area contributed by atoms with Gasteiger partial charge in [-0.2, -0.15) is 0 Å². The average molecular weight is 256 g/mol. The summed E-state index contributed by atoms with van der Waals surface area (Å²) in [5.41, 5.74) is 3.52. The summed E-state index contributed by atoms with van der Waals surface area (Å²) in [6.07, 6.45) is 0.208. The Morgan fingerprint density at radius 2 is 2.06 bits per heavy atom. The lowest BCUT2D eigenvalue weighted by Crippen LogP contribution is -2.40. The van der Waals surface area contributed by atoms with Crippen LogP contribution < -0.4 is 5.73 Å². The van der Waals surface area contributed by atoms with Gasteiger partial charge in [-0.1, -0.05) is 6.07 Å². The van der Waals surface area contributed by atoms with Crippen molar-refractivity contribution in [2.45, 2.75) is 18.1 Å². The molecule has 0 bridgehead atoms. The minimum absolute atomic E-state index is 0.214. The molecule has 2 aliphatic rings. The van der Waals surface area contributed by atoms with Crippen LogP contribution in [0.5, 0.6) is 0 Å². The Kier molecular flexibility index (Phi) is 2.30. The number of nitrogens with two attached hydrogens (primary N) is 1. The first-order chi connectivity index (χ1) is 8.58. The number of hydrogen-bond acceptors (Lipinski definition) is 3. The second-order valence-electron chi connectivity index (χ2n) is 4.60. The highest BCUT2D eigenvalue weighted by Crippen LogP contribution is 2.53. The Morgan fingerprint density at radius 3 is 2.67 bits per heavy atom. The number of benzene rings is 1. The Balaban J connectivity index is 2.20. The molecule has 1 fully saturated rings. The fraction of sp³-hybridized carbons (Fsp3) is 0.417. The number of hydrogen-bond donors (Lipinski definition) is 1. The van der Waals surface area contributed by atoms with Gasteiger partial charge < -0.3 is 10.5 Å². The van der Waals surface area contributed by atoms with Crippen LogP contribution in [0.25, 0.3) is 0 Å². The molecule has 3 rings (SSSR count). The summed E-state index contributed by atoms with van der Waals surface area (Å²) in [6, 6.07) is 3.20. The van der Waals surface area contributed by atoms with Crippen molar-refractivity contribution in [3.8, 4) is 0 Å². The molecular formula is C12H11F3N2O. The zero-order valence-corrected chi connectivity index (χ0v) is 9.37. The van der Waals surface area contributed by atoms with Crippen LogP contribution in [-0.4, -0.2) is 18.8 Å². The maximum absolute atomic E-state index is 13.8. The summed E-state index contributed by atoms with van der Waals surface area (Å²) in [6.45, 7) is -1.00. The third-order valence-electron chi connectivity index (χ3n) is 3.53. The van der Waals surface area contributed by atoms with E-state index in [2.05, 4.69) is 4.99 Å². The quantitative estimate of drug-likeness (QED) is 0.878. The van der Waals surface area contributed by atoms with Crippen LogP contribution in [0.4, 0.5) is 13.2 Å². The molecule has 0 saturated heterocycles. The van der Waals surface area contributed by atoms with Gasteiger partial charge in [0.05, 0.1) is 5.56 Å². The van der Waals surface area contributed by atoms with Gasteiger partial charge in [-0.15, -0.1) is 0 Å². The van der Waals surface area contributed by atoms with Crippen LogP contribution in [-0.2, 0) is 10.3 Å². The van der Waals surface area contributed by atoms with E-state index in [1.807, 2.05) is 0 Å². The second kappa shape index (κ2) is 3.63. The number of nitrogens with zero attached hydrogens (tertiary/aromatic N) is 1. The summed E-state index contributed by atoms with van der Waals surface area (Å²) < 4.78 is 46.3. The van der Waals surface area contributed by atoms with Gasteiger partial charge in [0.2, 0.25) is 0 Å². The topological polar surface area (TPSA) is 47.6 Å². The summed E-state index contributed by atoms with van der Waals surface area (Å²) in [4.78, 5) is 3.86. The van der Waals surface area contributed by atoms with Crippen molar-refractivity contribution in [3.63, 3.8) is 0 Å². The third kappa shape index (κ3) is 1.41. The lowest BCUT2D eigenvalue weighted by atomic mass is 9.85. The molecule has 6 heteroatoms. The maximum atomic E-state index is 13.8. The van der Waals surface area contributed by atoms with Crippen LogP contribution in [0.3, 0.4) is 0 Å². The molecule has 0 radical (unpaired) electrons. The highest BCUT2D eigenvalue weighted by molar-refractivity contribution is 5.74. The van der Waals surface area contributed by atoms with Crippen molar-refractivity contribution in [2.24, 2.45) is 16.6 Å². The molecule has 96 valence electrons. The number of aliphatic imine (C=N–C) groups is 1. The number of ether oxygens (including phenoxy) is 1. The number of alkyl halides is 1. The minimum atomic E-state index is -1.58. The number of amidine groups is 1. The van der Waals surface area contributed by atoms with Crippen LogP contribution in [0.1, 0.15) is 12.0 Å². The van der Waals surface area contributed by atoms with Crippen LogP contribution in [0.15, 0.2) is 23.2 Å². The lowest BCUT2D eigenvalue weighted by Gasteiger charge is -2.31. The zero-order chi connectivity index (χ0) is 12.9. The van der Waals surface area contributed by atoms with Crippen LogP contribution in [0.2, 0.25) is 0 Å². The van der Waals surface area contributed by atoms with Gasteiger partial charge >= 0.3 is 0 Å². The van der Waals surface area contributed by atoms with Gasteiger partial charge in [-0.3, -0.25) is 0 Å². The zero-order valence-electron chi connectivity index (χ0n) is 9.37. The Labute approximate surface area is 101 Å². The SMILES string of the molecule is NC1=N[C@@](CF)(c2c(F)cccc2F)[C@@H]2CC2O1. The summed E-state index contributed by atoms with van der Waals surface area (Å²) in [7, 11) is 0. The number of rotatable bonds is 2. The molecule has 3 atom stereocenters. The summed E-state index contributed by atoms with van der Waals surface area (Å²) in [5.74, 6) is -1.98. The van der Waals surface area contributed by atoms with Gasteiger partial charge in [0.1, 0.15) is 30.0 Å². The molecule has 3 nitrogen and oxygen atoms in total. The van der Waals surface area contributed by atoms with E-state index in [9.17, 15) is 13.2 Å². The van der Waals surface area contributed by atoms with Gasteiger partial charge in [-0.05, 0) is 18.6 Å². The average Bonchev–Trinajstić information content (AvgIpc) is 3.07. The minimum Gasteiger partial charge on any atom is -0.462 e. The predicted octanol–water partition coefficient (Wildman–Crippen LogP) is 1.86. The number of halogens is 3. The van der Waals surface area contributed by atoms with E-state index in [0.717, 1.165) is 12.1 Å².